The Morgan fingerprint density at radius 3 is 2.65 bits per heavy atom. The van der Waals surface area contributed by atoms with Gasteiger partial charge >= 0.3 is 0 Å². The molecular formula is C16H11BrCl2N2OS. The molecule has 1 fully saturated rings. The minimum absolute atomic E-state index is 0.0677. The number of carbonyl (C=O) groups excluding carboxylic acids is 1. The molecule has 1 atom stereocenters. The van der Waals surface area contributed by atoms with Crippen LogP contribution in [0.25, 0.3) is 0 Å². The summed E-state index contributed by atoms with van der Waals surface area (Å²) in [6, 6.07) is 13.0. The molecule has 2 aromatic rings. The lowest BCUT2D eigenvalue weighted by Gasteiger charge is -2.08. The molecule has 0 aromatic heterocycles. The van der Waals surface area contributed by atoms with Gasteiger partial charge in [0.15, 0.2) is 5.17 Å². The Balaban J connectivity index is 1.75. The van der Waals surface area contributed by atoms with E-state index < -0.39 is 0 Å². The van der Waals surface area contributed by atoms with Gasteiger partial charge in [0.05, 0.1) is 21.0 Å². The maximum atomic E-state index is 12.1. The van der Waals surface area contributed by atoms with Crippen LogP contribution < -0.4 is 5.32 Å². The molecule has 0 radical (unpaired) electrons. The number of hydrogen-bond donors (Lipinski definition) is 1. The van der Waals surface area contributed by atoms with Gasteiger partial charge in [-0.1, -0.05) is 63.0 Å². The summed E-state index contributed by atoms with van der Waals surface area (Å²) < 4.78 is 0.984. The first-order chi connectivity index (χ1) is 11.0. The second kappa shape index (κ2) is 7.26. The molecule has 1 aliphatic rings. The summed E-state index contributed by atoms with van der Waals surface area (Å²) in [7, 11) is 0. The van der Waals surface area contributed by atoms with Crippen LogP contribution in [0.5, 0.6) is 0 Å². The Bertz CT molecular complexity index is 780. The summed E-state index contributed by atoms with van der Waals surface area (Å²) >= 11 is 17.0. The van der Waals surface area contributed by atoms with E-state index >= 15 is 0 Å². The average molecular weight is 430 g/mol. The van der Waals surface area contributed by atoms with Gasteiger partial charge in [0.2, 0.25) is 5.91 Å². The van der Waals surface area contributed by atoms with Crippen LogP contribution in [-0.2, 0) is 11.2 Å². The van der Waals surface area contributed by atoms with E-state index in [4.69, 9.17) is 23.2 Å². The Morgan fingerprint density at radius 2 is 1.91 bits per heavy atom. The summed E-state index contributed by atoms with van der Waals surface area (Å²) in [6.45, 7) is 0. The van der Waals surface area contributed by atoms with Crippen LogP contribution in [0.1, 0.15) is 5.56 Å². The first kappa shape index (κ1) is 16.8. The van der Waals surface area contributed by atoms with Crippen molar-refractivity contribution in [2.24, 2.45) is 4.99 Å². The van der Waals surface area contributed by atoms with E-state index in [1.165, 1.54) is 11.8 Å². The third-order valence-electron chi connectivity index (χ3n) is 3.27. The first-order valence-corrected chi connectivity index (χ1v) is 9.20. The van der Waals surface area contributed by atoms with E-state index in [1.54, 1.807) is 6.07 Å². The smallest absolute Gasteiger partial charge is 0.239 e. The van der Waals surface area contributed by atoms with Crippen LogP contribution in [0, 0.1) is 0 Å². The van der Waals surface area contributed by atoms with Gasteiger partial charge < -0.3 is 5.32 Å². The fourth-order valence-electron chi connectivity index (χ4n) is 2.13. The third kappa shape index (κ3) is 4.10. The number of hydrogen-bond acceptors (Lipinski definition) is 3. The molecule has 0 aliphatic carbocycles. The zero-order chi connectivity index (χ0) is 16.4. The van der Waals surface area contributed by atoms with Crippen molar-refractivity contribution in [1.29, 1.82) is 0 Å². The van der Waals surface area contributed by atoms with Crippen LogP contribution in [0.3, 0.4) is 0 Å². The van der Waals surface area contributed by atoms with Gasteiger partial charge in [-0.15, -0.1) is 0 Å². The predicted octanol–water partition coefficient (Wildman–Crippen LogP) is 5.22. The highest BCUT2D eigenvalue weighted by molar-refractivity contribution is 9.10. The van der Waals surface area contributed by atoms with Crippen molar-refractivity contribution in [3.8, 4) is 0 Å². The molecule has 3 nitrogen and oxygen atoms in total. The number of nitrogens with one attached hydrogen (secondary N) is 1. The lowest BCUT2D eigenvalue weighted by Crippen LogP contribution is -2.26. The molecule has 0 bridgehead atoms. The molecule has 3 rings (SSSR count). The number of benzene rings is 2. The van der Waals surface area contributed by atoms with E-state index in [0.29, 0.717) is 21.6 Å². The number of amides is 1. The highest BCUT2D eigenvalue weighted by Gasteiger charge is 2.31. The molecule has 0 unspecified atom stereocenters. The zero-order valence-electron chi connectivity index (χ0n) is 11.7. The van der Waals surface area contributed by atoms with Crippen molar-refractivity contribution in [3.05, 3.63) is 62.5 Å². The topological polar surface area (TPSA) is 41.5 Å². The largest absolute Gasteiger partial charge is 0.304 e. The van der Waals surface area contributed by atoms with E-state index in [-0.39, 0.29) is 11.2 Å². The van der Waals surface area contributed by atoms with Gasteiger partial charge in [0.1, 0.15) is 0 Å². The standard InChI is InChI=1S/C16H11BrCl2N2OS/c17-10-4-6-11(7-5-10)20-16-21-15(22)13(23-16)8-9-2-1-3-12(18)14(9)19/h1-7,13H,8H2,(H,20,21,22)/t13-/m1/s1. The molecule has 1 N–H and O–H groups in total. The molecule has 2 aromatic carbocycles. The second-order valence-electron chi connectivity index (χ2n) is 4.91. The van der Waals surface area contributed by atoms with Gasteiger partial charge in [-0.25, -0.2) is 4.99 Å². The normalized spacial score (nSPS) is 19.2. The number of nitrogens with zero attached hydrogens (tertiary/aromatic N) is 1. The third-order valence-corrected chi connectivity index (χ3v) is 5.74. The second-order valence-corrected chi connectivity index (χ2v) is 7.80. The van der Waals surface area contributed by atoms with Crippen molar-refractivity contribution < 1.29 is 4.79 Å². The van der Waals surface area contributed by atoms with Crippen LogP contribution in [0.4, 0.5) is 5.69 Å². The fourth-order valence-corrected chi connectivity index (χ4v) is 3.81. The van der Waals surface area contributed by atoms with Crippen LogP contribution >= 0.6 is 50.9 Å². The fraction of sp³-hybridized carbons (Fsp3) is 0.125. The molecule has 23 heavy (non-hydrogen) atoms. The molecule has 1 amide bonds. The highest BCUT2D eigenvalue weighted by Crippen LogP contribution is 2.31. The van der Waals surface area contributed by atoms with E-state index in [9.17, 15) is 4.79 Å². The summed E-state index contributed by atoms with van der Waals surface area (Å²) in [5.74, 6) is -0.0677. The summed E-state index contributed by atoms with van der Waals surface area (Å²) in [4.78, 5) is 16.6. The van der Waals surface area contributed by atoms with Crippen LogP contribution in [-0.4, -0.2) is 16.3 Å². The van der Waals surface area contributed by atoms with Gasteiger partial charge in [-0.3, -0.25) is 4.79 Å². The zero-order valence-corrected chi connectivity index (χ0v) is 15.6. The SMILES string of the molecule is O=C1NC(=Nc2ccc(Br)cc2)S[C@@H]1Cc1cccc(Cl)c1Cl. The first-order valence-electron chi connectivity index (χ1n) is 6.77. The minimum atomic E-state index is -0.264. The molecule has 0 saturated carbocycles. The lowest BCUT2D eigenvalue weighted by atomic mass is 10.1. The molecule has 7 heteroatoms. The summed E-state index contributed by atoms with van der Waals surface area (Å²) in [6.07, 6.45) is 0.509. The number of aliphatic imine (C=N–C) groups is 1. The van der Waals surface area contributed by atoms with Gasteiger partial charge in [0.25, 0.3) is 0 Å². The predicted molar refractivity (Wildman–Crippen MR) is 101 cm³/mol. The molecule has 0 spiro atoms. The van der Waals surface area contributed by atoms with Gasteiger partial charge in [-0.05, 0) is 42.3 Å². The number of rotatable bonds is 3. The number of amidine groups is 1. The lowest BCUT2D eigenvalue weighted by molar-refractivity contribution is -0.118. The molecule has 118 valence electrons. The van der Waals surface area contributed by atoms with Crippen LogP contribution in [0.15, 0.2) is 51.9 Å². The number of halogens is 3. The molecule has 1 heterocycles. The Hall–Kier alpha value is -1.01. The average Bonchev–Trinajstić information content (AvgIpc) is 2.86. The minimum Gasteiger partial charge on any atom is -0.304 e. The Kier molecular flexibility index (Phi) is 5.31. The van der Waals surface area contributed by atoms with Crippen molar-refractivity contribution in [2.75, 3.05) is 0 Å². The van der Waals surface area contributed by atoms with E-state index in [2.05, 4.69) is 26.2 Å². The molecule has 1 saturated heterocycles. The summed E-state index contributed by atoms with van der Waals surface area (Å²) in [5.41, 5.74) is 1.65. The molecule has 1 aliphatic heterocycles. The maximum Gasteiger partial charge on any atom is 0.239 e. The number of thioether (sulfide) groups is 1. The van der Waals surface area contributed by atoms with Crippen molar-refractivity contribution in [2.45, 2.75) is 11.7 Å². The van der Waals surface area contributed by atoms with E-state index in [1.807, 2.05) is 36.4 Å². The van der Waals surface area contributed by atoms with Gasteiger partial charge in [-0.2, -0.15) is 0 Å². The van der Waals surface area contributed by atoms with Gasteiger partial charge in [0, 0.05) is 4.47 Å². The van der Waals surface area contributed by atoms with Crippen molar-refractivity contribution in [3.63, 3.8) is 0 Å². The summed E-state index contributed by atoms with van der Waals surface area (Å²) in [5, 5.41) is 4.14. The Labute approximate surface area is 156 Å². The number of carbonyl (C=O) groups is 1. The quantitative estimate of drug-likeness (QED) is 0.726. The van der Waals surface area contributed by atoms with Crippen molar-refractivity contribution >= 4 is 67.7 Å². The molecular weight excluding hydrogens is 419 g/mol. The monoisotopic (exact) mass is 428 g/mol. The van der Waals surface area contributed by atoms with Crippen LogP contribution in [0.2, 0.25) is 10.0 Å². The Morgan fingerprint density at radius 1 is 1.17 bits per heavy atom. The highest BCUT2D eigenvalue weighted by atomic mass is 79.9. The van der Waals surface area contributed by atoms with E-state index in [0.717, 1.165) is 15.7 Å². The maximum absolute atomic E-state index is 12.1. The van der Waals surface area contributed by atoms with Crippen molar-refractivity contribution in [1.82, 2.24) is 5.32 Å².